The van der Waals surface area contributed by atoms with E-state index in [1.807, 2.05) is 0 Å². The van der Waals surface area contributed by atoms with Gasteiger partial charge in [0.15, 0.2) is 0 Å². The van der Waals surface area contributed by atoms with Gasteiger partial charge in [-0.3, -0.25) is 0 Å². The van der Waals surface area contributed by atoms with E-state index in [4.69, 9.17) is 9.84 Å². The standard InChI is InChI=1S/C9H15BrO2/c10-8-4-2-1-3-5-9(8)12-7-6-11/h4,9,11H,1-3,5-7H2. The predicted octanol–water partition coefficient (Wildman–Crippen LogP) is 2.22. The fraction of sp³-hybridized carbons (Fsp3) is 0.778. The topological polar surface area (TPSA) is 29.5 Å². The first kappa shape index (κ1) is 10.2. The van der Waals surface area contributed by atoms with E-state index in [1.54, 1.807) is 0 Å². The Morgan fingerprint density at radius 3 is 3.17 bits per heavy atom. The molecule has 70 valence electrons. The minimum atomic E-state index is 0.108. The maximum absolute atomic E-state index is 8.59. The smallest absolute Gasteiger partial charge is 0.0887 e. The summed E-state index contributed by atoms with van der Waals surface area (Å²) < 4.78 is 6.61. The van der Waals surface area contributed by atoms with E-state index in [-0.39, 0.29) is 12.7 Å². The molecule has 12 heavy (non-hydrogen) atoms. The van der Waals surface area contributed by atoms with E-state index in [0.29, 0.717) is 6.61 Å². The van der Waals surface area contributed by atoms with Crippen LogP contribution in [0.15, 0.2) is 10.6 Å². The van der Waals surface area contributed by atoms with E-state index in [9.17, 15) is 0 Å². The molecular formula is C9H15BrO2. The molecule has 0 heterocycles. The lowest BCUT2D eigenvalue weighted by Crippen LogP contribution is -2.14. The van der Waals surface area contributed by atoms with Crippen molar-refractivity contribution in [2.24, 2.45) is 0 Å². The van der Waals surface area contributed by atoms with E-state index < -0.39 is 0 Å². The van der Waals surface area contributed by atoms with Crippen LogP contribution in [-0.2, 0) is 4.74 Å². The third kappa shape index (κ3) is 3.25. The van der Waals surface area contributed by atoms with Crippen LogP contribution < -0.4 is 0 Å². The normalized spacial score (nSPS) is 24.8. The molecule has 1 aliphatic rings. The zero-order chi connectivity index (χ0) is 8.81. The number of hydrogen-bond acceptors (Lipinski definition) is 2. The number of aliphatic hydroxyl groups is 1. The van der Waals surface area contributed by atoms with Gasteiger partial charge in [-0.1, -0.05) is 28.4 Å². The summed E-state index contributed by atoms with van der Waals surface area (Å²) in [5.41, 5.74) is 0. The molecule has 0 aromatic heterocycles. The third-order valence-electron chi connectivity index (χ3n) is 1.98. The van der Waals surface area contributed by atoms with Crippen molar-refractivity contribution in [2.75, 3.05) is 13.2 Å². The van der Waals surface area contributed by atoms with Crippen molar-refractivity contribution < 1.29 is 9.84 Å². The summed E-state index contributed by atoms with van der Waals surface area (Å²) in [6.45, 7) is 0.546. The monoisotopic (exact) mass is 234 g/mol. The molecule has 0 spiro atoms. The van der Waals surface area contributed by atoms with E-state index >= 15 is 0 Å². The van der Waals surface area contributed by atoms with Crippen LogP contribution in [-0.4, -0.2) is 24.4 Å². The molecule has 1 atom stereocenters. The quantitative estimate of drug-likeness (QED) is 0.812. The Kier molecular flexibility index (Phi) is 4.88. The molecule has 0 fully saturated rings. The minimum absolute atomic E-state index is 0.108. The van der Waals surface area contributed by atoms with E-state index in [0.717, 1.165) is 17.3 Å². The molecule has 0 aromatic carbocycles. The molecular weight excluding hydrogens is 220 g/mol. The van der Waals surface area contributed by atoms with Crippen LogP contribution in [0, 0.1) is 0 Å². The minimum Gasteiger partial charge on any atom is -0.394 e. The lowest BCUT2D eigenvalue weighted by atomic mass is 10.2. The summed E-state index contributed by atoms with van der Waals surface area (Å²) in [6.07, 6.45) is 7.02. The Morgan fingerprint density at radius 2 is 2.42 bits per heavy atom. The number of aliphatic hydroxyl groups excluding tert-OH is 1. The second kappa shape index (κ2) is 5.73. The molecule has 0 saturated carbocycles. The molecule has 1 rings (SSSR count). The van der Waals surface area contributed by atoms with Crippen molar-refractivity contribution in [3.05, 3.63) is 10.6 Å². The predicted molar refractivity (Wildman–Crippen MR) is 52.3 cm³/mol. The van der Waals surface area contributed by atoms with Crippen LogP contribution in [0.4, 0.5) is 0 Å². The molecule has 0 radical (unpaired) electrons. The molecule has 0 aliphatic heterocycles. The number of halogens is 1. The van der Waals surface area contributed by atoms with Crippen molar-refractivity contribution in [3.8, 4) is 0 Å². The Morgan fingerprint density at radius 1 is 1.58 bits per heavy atom. The van der Waals surface area contributed by atoms with Gasteiger partial charge in [0.1, 0.15) is 0 Å². The van der Waals surface area contributed by atoms with Crippen molar-refractivity contribution in [1.82, 2.24) is 0 Å². The van der Waals surface area contributed by atoms with Crippen LogP contribution in [0.25, 0.3) is 0 Å². The zero-order valence-corrected chi connectivity index (χ0v) is 8.72. The number of rotatable bonds is 3. The number of ether oxygens (including phenoxy) is 1. The van der Waals surface area contributed by atoms with Gasteiger partial charge in [-0.15, -0.1) is 0 Å². The van der Waals surface area contributed by atoms with Crippen LogP contribution in [0.3, 0.4) is 0 Å². The molecule has 1 N–H and O–H groups in total. The highest BCUT2D eigenvalue weighted by Gasteiger charge is 2.14. The maximum atomic E-state index is 8.59. The first-order valence-electron chi connectivity index (χ1n) is 4.42. The Hall–Kier alpha value is 0.140. The van der Waals surface area contributed by atoms with Crippen LogP contribution in [0.5, 0.6) is 0 Å². The second-order valence-corrected chi connectivity index (χ2v) is 3.87. The fourth-order valence-corrected chi connectivity index (χ4v) is 1.93. The van der Waals surface area contributed by atoms with Crippen LogP contribution in [0.2, 0.25) is 0 Å². The van der Waals surface area contributed by atoms with Gasteiger partial charge in [-0.2, -0.15) is 0 Å². The van der Waals surface area contributed by atoms with Crippen molar-refractivity contribution in [1.29, 1.82) is 0 Å². The molecule has 0 amide bonds. The average Bonchev–Trinajstić information content (AvgIpc) is 2.27. The Balaban J connectivity index is 2.37. The van der Waals surface area contributed by atoms with Gasteiger partial charge in [-0.05, 0) is 19.3 Å². The molecule has 0 aromatic rings. The summed E-state index contributed by atoms with van der Waals surface area (Å²) in [6, 6.07) is 0. The Labute approximate surface area is 81.7 Å². The van der Waals surface area contributed by atoms with Gasteiger partial charge >= 0.3 is 0 Å². The molecule has 0 saturated heterocycles. The van der Waals surface area contributed by atoms with Crippen LogP contribution in [0.1, 0.15) is 25.7 Å². The Bertz CT molecular complexity index is 157. The van der Waals surface area contributed by atoms with E-state index in [1.165, 1.54) is 12.8 Å². The van der Waals surface area contributed by atoms with Gasteiger partial charge < -0.3 is 9.84 Å². The average molecular weight is 235 g/mol. The molecule has 0 bridgehead atoms. The highest BCUT2D eigenvalue weighted by atomic mass is 79.9. The highest BCUT2D eigenvalue weighted by Crippen LogP contribution is 2.24. The molecule has 1 unspecified atom stereocenters. The van der Waals surface area contributed by atoms with Gasteiger partial charge in [0, 0.05) is 4.48 Å². The van der Waals surface area contributed by atoms with Gasteiger partial charge in [0.2, 0.25) is 0 Å². The summed E-state index contributed by atoms with van der Waals surface area (Å²) in [5, 5.41) is 8.59. The highest BCUT2D eigenvalue weighted by molar-refractivity contribution is 9.11. The largest absolute Gasteiger partial charge is 0.394 e. The van der Waals surface area contributed by atoms with Crippen molar-refractivity contribution >= 4 is 15.9 Å². The lowest BCUT2D eigenvalue weighted by Gasteiger charge is -2.14. The second-order valence-electron chi connectivity index (χ2n) is 2.96. The van der Waals surface area contributed by atoms with Crippen LogP contribution >= 0.6 is 15.9 Å². The summed E-state index contributed by atoms with van der Waals surface area (Å²) in [7, 11) is 0. The van der Waals surface area contributed by atoms with Crippen molar-refractivity contribution in [3.63, 3.8) is 0 Å². The summed E-state index contributed by atoms with van der Waals surface area (Å²) in [4.78, 5) is 0. The lowest BCUT2D eigenvalue weighted by molar-refractivity contribution is 0.0485. The van der Waals surface area contributed by atoms with Gasteiger partial charge in [0.05, 0.1) is 19.3 Å². The molecule has 2 nitrogen and oxygen atoms in total. The van der Waals surface area contributed by atoms with E-state index in [2.05, 4.69) is 22.0 Å². The zero-order valence-electron chi connectivity index (χ0n) is 7.13. The first-order chi connectivity index (χ1) is 5.84. The molecule has 1 aliphatic carbocycles. The fourth-order valence-electron chi connectivity index (χ4n) is 1.34. The third-order valence-corrected chi connectivity index (χ3v) is 2.81. The maximum Gasteiger partial charge on any atom is 0.0887 e. The van der Waals surface area contributed by atoms with Crippen molar-refractivity contribution in [2.45, 2.75) is 31.8 Å². The summed E-state index contributed by atoms with van der Waals surface area (Å²) >= 11 is 3.49. The molecule has 3 heteroatoms. The van der Waals surface area contributed by atoms with Gasteiger partial charge in [-0.25, -0.2) is 0 Å². The first-order valence-corrected chi connectivity index (χ1v) is 5.22. The summed E-state index contributed by atoms with van der Waals surface area (Å²) in [5.74, 6) is 0. The SMILES string of the molecule is OCCOC1CCCCC=C1Br. The number of allylic oxidation sites excluding steroid dienone is 1. The number of hydrogen-bond donors (Lipinski definition) is 1. The van der Waals surface area contributed by atoms with Gasteiger partial charge in [0.25, 0.3) is 0 Å².